The van der Waals surface area contributed by atoms with Crippen LogP contribution in [0.4, 0.5) is 0 Å². The van der Waals surface area contributed by atoms with Gasteiger partial charge in [0.1, 0.15) is 6.79 Å². The third-order valence-corrected chi connectivity index (χ3v) is 3.76. The van der Waals surface area contributed by atoms with E-state index < -0.39 is 0 Å². The molecule has 0 aromatic heterocycles. The third kappa shape index (κ3) is 5.36. The van der Waals surface area contributed by atoms with Gasteiger partial charge < -0.3 is 14.2 Å². The topological polar surface area (TPSA) is 27.7 Å². The fraction of sp³-hybridized carbons (Fsp3) is 1.00. The van der Waals surface area contributed by atoms with Gasteiger partial charge >= 0.3 is 0 Å². The standard InChI is InChI=1S/C14H28O3/c1-11(2)13-6-5-12(3)9-14(13)17-10-16-8-7-15-4/h11-14H,5-10H2,1-4H3/t12-,13+,14-/m1/s1. The number of hydrogen-bond acceptors (Lipinski definition) is 3. The summed E-state index contributed by atoms with van der Waals surface area (Å²) in [5.74, 6) is 2.18. The van der Waals surface area contributed by atoms with Crippen LogP contribution in [-0.4, -0.2) is 33.2 Å². The van der Waals surface area contributed by atoms with Gasteiger partial charge in [-0.3, -0.25) is 0 Å². The Morgan fingerprint density at radius 1 is 1.18 bits per heavy atom. The van der Waals surface area contributed by atoms with Gasteiger partial charge in [0, 0.05) is 7.11 Å². The lowest BCUT2D eigenvalue weighted by molar-refractivity contribution is -0.132. The summed E-state index contributed by atoms with van der Waals surface area (Å²) >= 11 is 0. The summed E-state index contributed by atoms with van der Waals surface area (Å²) in [4.78, 5) is 0. The quantitative estimate of drug-likeness (QED) is 0.509. The zero-order valence-electron chi connectivity index (χ0n) is 11.8. The number of hydrogen-bond donors (Lipinski definition) is 0. The zero-order chi connectivity index (χ0) is 12.7. The minimum Gasteiger partial charge on any atom is -0.382 e. The van der Waals surface area contributed by atoms with Gasteiger partial charge in [-0.2, -0.15) is 0 Å². The van der Waals surface area contributed by atoms with E-state index in [1.807, 2.05) is 0 Å². The molecule has 0 N–H and O–H groups in total. The summed E-state index contributed by atoms with van der Waals surface area (Å²) in [6.07, 6.45) is 4.19. The highest BCUT2D eigenvalue weighted by Crippen LogP contribution is 2.35. The van der Waals surface area contributed by atoms with E-state index in [1.54, 1.807) is 7.11 Å². The maximum Gasteiger partial charge on any atom is 0.147 e. The van der Waals surface area contributed by atoms with Crippen molar-refractivity contribution in [3.63, 3.8) is 0 Å². The molecule has 0 heterocycles. The van der Waals surface area contributed by atoms with Crippen LogP contribution in [0.25, 0.3) is 0 Å². The summed E-state index contributed by atoms with van der Waals surface area (Å²) < 4.78 is 16.2. The van der Waals surface area contributed by atoms with E-state index in [-0.39, 0.29) is 0 Å². The van der Waals surface area contributed by atoms with Crippen molar-refractivity contribution >= 4 is 0 Å². The highest BCUT2D eigenvalue weighted by molar-refractivity contribution is 4.81. The van der Waals surface area contributed by atoms with Crippen LogP contribution >= 0.6 is 0 Å². The van der Waals surface area contributed by atoms with Crippen LogP contribution in [0.3, 0.4) is 0 Å². The summed E-state index contributed by atoms with van der Waals surface area (Å²) in [5.41, 5.74) is 0. The predicted octanol–water partition coefficient (Wildman–Crippen LogP) is 3.08. The van der Waals surface area contributed by atoms with Crippen molar-refractivity contribution in [1.82, 2.24) is 0 Å². The smallest absolute Gasteiger partial charge is 0.147 e. The lowest BCUT2D eigenvalue weighted by atomic mass is 9.75. The first-order valence-electron chi connectivity index (χ1n) is 6.83. The minimum atomic E-state index is 0.376. The lowest BCUT2D eigenvalue weighted by Gasteiger charge is -2.37. The molecule has 0 spiro atoms. The first-order chi connectivity index (χ1) is 8.15. The van der Waals surface area contributed by atoms with Crippen molar-refractivity contribution in [2.75, 3.05) is 27.1 Å². The van der Waals surface area contributed by atoms with Crippen molar-refractivity contribution in [3.05, 3.63) is 0 Å². The normalized spacial score (nSPS) is 29.8. The highest BCUT2D eigenvalue weighted by Gasteiger charge is 2.31. The monoisotopic (exact) mass is 244 g/mol. The molecule has 1 rings (SSSR count). The van der Waals surface area contributed by atoms with E-state index in [4.69, 9.17) is 14.2 Å². The van der Waals surface area contributed by atoms with Gasteiger partial charge in [0.15, 0.2) is 0 Å². The fourth-order valence-corrected chi connectivity index (χ4v) is 2.64. The molecular formula is C14H28O3. The van der Waals surface area contributed by atoms with Crippen LogP contribution in [0.2, 0.25) is 0 Å². The van der Waals surface area contributed by atoms with E-state index in [9.17, 15) is 0 Å². The van der Waals surface area contributed by atoms with Crippen molar-refractivity contribution < 1.29 is 14.2 Å². The minimum absolute atomic E-state index is 0.376. The molecule has 0 bridgehead atoms. The van der Waals surface area contributed by atoms with Crippen LogP contribution in [0, 0.1) is 17.8 Å². The molecule has 3 heteroatoms. The maximum absolute atomic E-state index is 5.90. The first-order valence-corrected chi connectivity index (χ1v) is 6.83. The molecule has 0 amide bonds. The number of rotatable bonds is 7. The molecule has 0 aromatic rings. The average Bonchev–Trinajstić information content (AvgIpc) is 2.28. The molecule has 0 radical (unpaired) electrons. The van der Waals surface area contributed by atoms with Gasteiger partial charge in [0.05, 0.1) is 19.3 Å². The zero-order valence-corrected chi connectivity index (χ0v) is 11.8. The molecule has 1 aliphatic carbocycles. The van der Waals surface area contributed by atoms with Gasteiger partial charge in [-0.15, -0.1) is 0 Å². The maximum atomic E-state index is 5.90. The Bertz CT molecular complexity index is 194. The molecule has 1 saturated carbocycles. The molecule has 3 atom stereocenters. The molecule has 1 aliphatic rings. The molecule has 0 saturated heterocycles. The second kappa shape index (κ2) is 8.06. The molecule has 1 fully saturated rings. The molecule has 0 aromatic carbocycles. The van der Waals surface area contributed by atoms with Crippen molar-refractivity contribution in [2.45, 2.75) is 46.1 Å². The van der Waals surface area contributed by atoms with Crippen LogP contribution in [-0.2, 0) is 14.2 Å². The second-order valence-electron chi connectivity index (χ2n) is 5.55. The van der Waals surface area contributed by atoms with Crippen molar-refractivity contribution in [1.29, 1.82) is 0 Å². The van der Waals surface area contributed by atoms with Crippen molar-refractivity contribution in [2.24, 2.45) is 17.8 Å². The van der Waals surface area contributed by atoms with Gasteiger partial charge in [0.25, 0.3) is 0 Å². The van der Waals surface area contributed by atoms with Crippen LogP contribution in [0.15, 0.2) is 0 Å². The van der Waals surface area contributed by atoms with Gasteiger partial charge in [-0.25, -0.2) is 0 Å². The first kappa shape index (κ1) is 14.9. The second-order valence-corrected chi connectivity index (χ2v) is 5.55. The Balaban J connectivity index is 2.26. The molecule has 3 nitrogen and oxygen atoms in total. The van der Waals surface area contributed by atoms with Crippen molar-refractivity contribution in [3.8, 4) is 0 Å². The van der Waals surface area contributed by atoms with E-state index in [0.29, 0.717) is 37.9 Å². The molecule has 0 aliphatic heterocycles. The Morgan fingerprint density at radius 3 is 2.59 bits per heavy atom. The Labute approximate surface area is 106 Å². The van der Waals surface area contributed by atoms with E-state index in [0.717, 1.165) is 5.92 Å². The van der Waals surface area contributed by atoms with E-state index in [2.05, 4.69) is 20.8 Å². The predicted molar refractivity (Wildman–Crippen MR) is 68.9 cm³/mol. The largest absolute Gasteiger partial charge is 0.382 e. The number of methoxy groups -OCH3 is 1. The molecular weight excluding hydrogens is 216 g/mol. The highest BCUT2D eigenvalue weighted by atomic mass is 16.7. The average molecular weight is 244 g/mol. The third-order valence-electron chi connectivity index (χ3n) is 3.76. The molecule has 102 valence electrons. The number of ether oxygens (including phenoxy) is 3. The Kier molecular flexibility index (Phi) is 7.09. The van der Waals surface area contributed by atoms with Gasteiger partial charge in [-0.05, 0) is 30.6 Å². The van der Waals surface area contributed by atoms with Gasteiger partial charge in [0.2, 0.25) is 0 Å². The Morgan fingerprint density at radius 2 is 1.94 bits per heavy atom. The fourth-order valence-electron chi connectivity index (χ4n) is 2.64. The lowest BCUT2D eigenvalue weighted by Crippen LogP contribution is -2.34. The Hall–Kier alpha value is -0.120. The summed E-state index contributed by atoms with van der Waals surface area (Å²) in [7, 11) is 1.68. The van der Waals surface area contributed by atoms with E-state index in [1.165, 1.54) is 19.3 Å². The SMILES string of the molecule is COCCOCO[C@@H]1C[C@H](C)CC[C@H]1C(C)C. The summed E-state index contributed by atoms with van der Waals surface area (Å²) in [6, 6.07) is 0. The molecule has 17 heavy (non-hydrogen) atoms. The van der Waals surface area contributed by atoms with Crippen LogP contribution in [0.5, 0.6) is 0 Å². The summed E-state index contributed by atoms with van der Waals surface area (Å²) in [5, 5.41) is 0. The van der Waals surface area contributed by atoms with Gasteiger partial charge in [-0.1, -0.05) is 27.2 Å². The van der Waals surface area contributed by atoms with E-state index >= 15 is 0 Å². The van der Waals surface area contributed by atoms with Crippen LogP contribution < -0.4 is 0 Å². The molecule has 0 unspecified atom stereocenters. The summed E-state index contributed by atoms with van der Waals surface area (Å²) in [6.45, 7) is 8.57. The van der Waals surface area contributed by atoms with Crippen LogP contribution in [0.1, 0.15) is 40.0 Å².